The van der Waals surface area contributed by atoms with Crippen molar-refractivity contribution in [2.75, 3.05) is 19.5 Å². The van der Waals surface area contributed by atoms with Crippen molar-refractivity contribution in [3.8, 4) is 23.0 Å². The van der Waals surface area contributed by atoms with Gasteiger partial charge in [0.25, 0.3) is 5.91 Å². The number of amides is 1. The maximum Gasteiger partial charge on any atom is 0.255 e. The molecule has 158 valence electrons. The van der Waals surface area contributed by atoms with Gasteiger partial charge in [-0.15, -0.1) is 0 Å². The van der Waals surface area contributed by atoms with Gasteiger partial charge < -0.3 is 19.2 Å². The number of aromatic nitrogens is 1. The molecular formula is C23H18Cl2N2O4. The molecular weight excluding hydrogens is 439 g/mol. The molecule has 0 aliphatic rings. The molecule has 1 amide bonds. The second-order valence-electron chi connectivity index (χ2n) is 6.81. The molecule has 3 aromatic carbocycles. The Morgan fingerprint density at radius 2 is 1.74 bits per heavy atom. The summed E-state index contributed by atoms with van der Waals surface area (Å²) in [7, 11) is 3.06. The van der Waals surface area contributed by atoms with Gasteiger partial charge in [-0.1, -0.05) is 29.3 Å². The van der Waals surface area contributed by atoms with Crippen LogP contribution in [-0.4, -0.2) is 25.1 Å². The summed E-state index contributed by atoms with van der Waals surface area (Å²) >= 11 is 12.3. The van der Waals surface area contributed by atoms with Gasteiger partial charge in [0.15, 0.2) is 11.3 Å². The minimum absolute atomic E-state index is 0.257. The highest BCUT2D eigenvalue weighted by Crippen LogP contribution is 2.34. The SMILES string of the molecule is COc1ccc2oc(-c3ccc(C)c(NC(=O)c4cc(Cl)c(OC)c(Cl)c4)c3)nc2c1. The van der Waals surface area contributed by atoms with E-state index >= 15 is 0 Å². The largest absolute Gasteiger partial charge is 0.497 e. The van der Waals surface area contributed by atoms with Crippen LogP contribution in [-0.2, 0) is 0 Å². The molecule has 1 heterocycles. The zero-order valence-corrected chi connectivity index (χ0v) is 18.5. The van der Waals surface area contributed by atoms with Crippen LogP contribution >= 0.6 is 23.2 Å². The van der Waals surface area contributed by atoms with Gasteiger partial charge in [-0.3, -0.25) is 4.79 Å². The fraction of sp³-hybridized carbons (Fsp3) is 0.130. The number of aryl methyl sites for hydroxylation is 1. The van der Waals surface area contributed by atoms with Crippen LogP contribution < -0.4 is 14.8 Å². The number of nitrogens with zero attached hydrogens (tertiary/aromatic N) is 1. The van der Waals surface area contributed by atoms with E-state index in [1.165, 1.54) is 19.2 Å². The highest BCUT2D eigenvalue weighted by atomic mass is 35.5. The fourth-order valence-corrected chi connectivity index (χ4v) is 3.77. The summed E-state index contributed by atoms with van der Waals surface area (Å²) in [5.41, 5.74) is 3.86. The number of carbonyl (C=O) groups is 1. The lowest BCUT2D eigenvalue weighted by atomic mass is 10.1. The summed E-state index contributed by atoms with van der Waals surface area (Å²) in [6.07, 6.45) is 0. The molecule has 4 aromatic rings. The molecule has 0 bridgehead atoms. The molecule has 0 saturated carbocycles. The molecule has 0 saturated heterocycles. The molecule has 0 atom stereocenters. The molecule has 1 N–H and O–H groups in total. The zero-order valence-electron chi connectivity index (χ0n) is 17.0. The van der Waals surface area contributed by atoms with Crippen molar-refractivity contribution in [3.63, 3.8) is 0 Å². The lowest BCUT2D eigenvalue weighted by Gasteiger charge is -2.12. The fourth-order valence-electron chi connectivity index (χ4n) is 3.13. The Hall–Kier alpha value is -3.22. The molecule has 31 heavy (non-hydrogen) atoms. The number of hydrogen-bond acceptors (Lipinski definition) is 5. The van der Waals surface area contributed by atoms with Gasteiger partial charge in [0.05, 0.1) is 24.3 Å². The first kappa shape index (κ1) is 21.0. The third-order valence-corrected chi connectivity index (χ3v) is 5.35. The van der Waals surface area contributed by atoms with Crippen molar-refractivity contribution in [1.82, 2.24) is 4.98 Å². The van der Waals surface area contributed by atoms with Crippen LogP contribution in [0.1, 0.15) is 15.9 Å². The van der Waals surface area contributed by atoms with Crippen LogP contribution in [0.2, 0.25) is 10.0 Å². The number of rotatable bonds is 5. The van der Waals surface area contributed by atoms with E-state index in [1.54, 1.807) is 19.2 Å². The normalized spacial score (nSPS) is 10.9. The Kier molecular flexibility index (Phi) is 5.76. The summed E-state index contributed by atoms with van der Waals surface area (Å²) in [4.78, 5) is 17.3. The molecule has 0 aliphatic heterocycles. The standard InChI is InChI=1S/C23H18Cl2N2O4/c1-12-4-5-13(23-27-19-11-15(29-2)6-7-20(19)31-23)10-18(12)26-22(28)14-8-16(24)21(30-3)17(25)9-14/h4-11H,1-3H3,(H,26,28). The topological polar surface area (TPSA) is 73.6 Å². The Morgan fingerprint density at radius 1 is 1.00 bits per heavy atom. The van der Waals surface area contributed by atoms with Crippen LogP contribution in [0.3, 0.4) is 0 Å². The van der Waals surface area contributed by atoms with Gasteiger partial charge in [0, 0.05) is 22.9 Å². The lowest BCUT2D eigenvalue weighted by molar-refractivity contribution is 0.102. The van der Waals surface area contributed by atoms with Gasteiger partial charge in [-0.05, 0) is 48.9 Å². The smallest absolute Gasteiger partial charge is 0.255 e. The Labute approximate surface area is 188 Å². The first-order valence-corrected chi connectivity index (χ1v) is 10.0. The summed E-state index contributed by atoms with van der Waals surface area (Å²) in [6.45, 7) is 1.89. The third kappa shape index (κ3) is 4.17. The monoisotopic (exact) mass is 456 g/mol. The maximum absolute atomic E-state index is 12.8. The van der Waals surface area contributed by atoms with Crippen LogP contribution in [0, 0.1) is 6.92 Å². The van der Waals surface area contributed by atoms with Crippen LogP contribution in [0.25, 0.3) is 22.6 Å². The van der Waals surface area contributed by atoms with Crippen LogP contribution in [0.5, 0.6) is 11.5 Å². The highest BCUT2D eigenvalue weighted by Gasteiger charge is 2.16. The van der Waals surface area contributed by atoms with E-state index in [2.05, 4.69) is 10.3 Å². The number of hydrogen-bond donors (Lipinski definition) is 1. The summed E-state index contributed by atoms with van der Waals surface area (Å²) in [6, 6.07) is 14.0. The van der Waals surface area contributed by atoms with Crippen LogP contribution in [0.4, 0.5) is 5.69 Å². The maximum atomic E-state index is 12.8. The first-order valence-electron chi connectivity index (χ1n) is 9.29. The number of oxazole rings is 1. The van der Waals surface area contributed by atoms with E-state index in [0.717, 1.165) is 11.1 Å². The quantitative estimate of drug-likeness (QED) is 0.377. The molecule has 0 radical (unpaired) electrons. The molecule has 4 rings (SSSR count). The van der Waals surface area contributed by atoms with Gasteiger partial charge in [0.1, 0.15) is 11.3 Å². The highest BCUT2D eigenvalue weighted by molar-refractivity contribution is 6.37. The molecule has 1 aromatic heterocycles. The van der Waals surface area contributed by atoms with E-state index in [-0.39, 0.29) is 16.0 Å². The first-order chi connectivity index (χ1) is 14.9. The van der Waals surface area contributed by atoms with Crippen molar-refractivity contribution in [2.24, 2.45) is 0 Å². The second-order valence-corrected chi connectivity index (χ2v) is 7.62. The zero-order chi connectivity index (χ0) is 22.1. The molecule has 6 nitrogen and oxygen atoms in total. The number of fused-ring (bicyclic) bond motifs is 1. The Bertz CT molecular complexity index is 1280. The minimum Gasteiger partial charge on any atom is -0.497 e. The van der Waals surface area contributed by atoms with E-state index in [9.17, 15) is 4.79 Å². The Morgan fingerprint density at radius 3 is 2.42 bits per heavy atom. The van der Waals surface area contributed by atoms with Crippen molar-refractivity contribution < 1.29 is 18.7 Å². The number of anilines is 1. The van der Waals surface area contributed by atoms with Crippen molar-refractivity contribution in [1.29, 1.82) is 0 Å². The van der Waals surface area contributed by atoms with E-state index in [0.29, 0.717) is 39.7 Å². The van der Waals surface area contributed by atoms with Crippen molar-refractivity contribution >= 4 is 45.9 Å². The summed E-state index contributed by atoms with van der Waals surface area (Å²) < 4.78 is 16.2. The second kappa shape index (κ2) is 8.49. The molecule has 0 unspecified atom stereocenters. The molecule has 8 heteroatoms. The van der Waals surface area contributed by atoms with Gasteiger partial charge in [-0.2, -0.15) is 0 Å². The molecule has 0 spiro atoms. The number of ether oxygens (including phenoxy) is 2. The predicted octanol–water partition coefficient (Wildman–Crippen LogP) is 6.38. The molecule has 0 fully saturated rings. The number of methoxy groups -OCH3 is 2. The van der Waals surface area contributed by atoms with E-state index in [1.807, 2.05) is 31.2 Å². The number of carbonyl (C=O) groups excluding carboxylic acids is 1. The Balaban J connectivity index is 1.65. The number of nitrogens with one attached hydrogen (secondary N) is 1. The number of benzene rings is 3. The third-order valence-electron chi connectivity index (χ3n) is 4.79. The predicted molar refractivity (Wildman–Crippen MR) is 122 cm³/mol. The lowest BCUT2D eigenvalue weighted by Crippen LogP contribution is -2.13. The number of halogens is 2. The average molecular weight is 457 g/mol. The van der Waals surface area contributed by atoms with E-state index < -0.39 is 0 Å². The van der Waals surface area contributed by atoms with Gasteiger partial charge in [-0.25, -0.2) is 4.98 Å². The van der Waals surface area contributed by atoms with Crippen LogP contribution in [0.15, 0.2) is 52.9 Å². The van der Waals surface area contributed by atoms with Gasteiger partial charge >= 0.3 is 0 Å². The molecule has 0 aliphatic carbocycles. The van der Waals surface area contributed by atoms with E-state index in [4.69, 9.17) is 37.1 Å². The van der Waals surface area contributed by atoms with Crippen molar-refractivity contribution in [2.45, 2.75) is 6.92 Å². The van der Waals surface area contributed by atoms with Gasteiger partial charge in [0.2, 0.25) is 5.89 Å². The minimum atomic E-state index is -0.353. The average Bonchev–Trinajstić information content (AvgIpc) is 3.18. The summed E-state index contributed by atoms with van der Waals surface area (Å²) in [5.74, 6) is 1.11. The van der Waals surface area contributed by atoms with Crippen molar-refractivity contribution in [3.05, 3.63) is 69.7 Å². The summed E-state index contributed by atoms with van der Waals surface area (Å²) in [5, 5.41) is 3.41.